The topological polar surface area (TPSA) is 67.9 Å². The van der Waals surface area contributed by atoms with Gasteiger partial charge in [0.2, 0.25) is 0 Å². The lowest BCUT2D eigenvalue weighted by atomic mass is 9.49. The molecule has 214 valence electrons. The summed E-state index contributed by atoms with van der Waals surface area (Å²) in [6.45, 7) is 9.83. The van der Waals surface area contributed by atoms with Crippen LogP contribution >= 0.6 is 23.2 Å². The van der Waals surface area contributed by atoms with Crippen molar-refractivity contribution in [3.05, 3.63) is 39.9 Å². The fourth-order valence-corrected chi connectivity index (χ4v) is 7.32. The number of nitrogens with zero attached hydrogens (tertiary/aromatic N) is 3. The monoisotopic (exact) mass is 575 g/mol. The predicted molar refractivity (Wildman–Crippen MR) is 159 cm³/mol. The van der Waals surface area contributed by atoms with Crippen molar-refractivity contribution in [1.29, 1.82) is 0 Å². The number of hydrogen-bond donors (Lipinski definition) is 2. The number of fused-ring (bicyclic) bond motifs is 1. The number of benzene rings is 1. The first-order valence-electron chi connectivity index (χ1n) is 14.7. The van der Waals surface area contributed by atoms with Crippen LogP contribution in [0, 0.1) is 17.3 Å². The first-order chi connectivity index (χ1) is 18.7. The van der Waals surface area contributed by atoms with E-state index in [1.165, 1.54) is 31.3 Å². The molecule has 2 N–H and O–H groups in total. The lowest BCUT2D eigenvalue weighted by molar-refractivity contribution is -0.00986. The third-order valence-electron chi connectivity index (χ3n) is 9.69. The maximum Gasteiger partial charge on any atom is 0.321 e. The second kappa shape index (κ2) is 12.3. The fraction of sp³-hybridized carbons (Fsp3) is 0.667. The van der Waals surface area contributed by atoms with Crippen LogP contribution in [-0.2, 0) is 0 Å². The van der Waals surface area contributed by atoms with Gasteiger partial charge in [-0.05, 0) is 61.1 Å². The molecule has 2 atom stereocenters. The first-order valence-corrected chi connectivity index (χ1v) is 15.4. The summed E-state index contributed by atoms with van der Waals surface area (Å²) in [6.07, 6.45) is 10.7. The normalized spacial score (nSPS) is 24.9. The molecule has 1 aromatic carbocycles. The van der Waals surface area contributed by atoms with E-state index >= 15 is 0 Å². The summed E-state index contributed by atoms with van der Waals surface area (Å²) in [5.41, 5.74) is 2.36. The van der Waals surface area contributed by atoms with Gasteiger partial charge in [-0.15, -0.1) is 0 Å². The van der Waals surface area contributed by atoms with Crippen molar-refractivity contribution in [2.24, 2.45) is 17.3 Å². The molecule has 0 aromatic heterocycles. The van der Waals surface area contributed by atoms with Crippen LogP contribution < -0.4 is 10.6 Å². The van der Waals surface area contributed by atoms with E-state index in [2.05, 4.69) is 40.4 Å². The number of anilines is 1. The molecule has 1 heterocycles. The summed E-state index contributed by atoms with van der Waals surface area (Å²) in [7, 11) is 0. The van der Waals surface area contributed by atoms with E-state index in [1.807, 2.05) is 4.90 Å². The van der Waals surface area contributed by atoms with Crippen LogP contribution in [0.1, 0.15) is 58.8 Å². The quantitative estimate of drug-likeness (QED) is 0.365. The van der Waals surface area contributed by atoms with Gasteiger partial charge in [-0.2, -0.15) is 0 Å². The van der Waals surface area contributed by atoms with Crippen LogP contribution in [0.3, 0.4) is 0 Å². The van der Waals surface area contributed by atoms with Gasteiger partial charge in [0.1, 0.15) is 0 Å². The molecule has 4 amide bonds. The molecule has 2 bridgehead atoms. The van der Waals surface area contributed by atoms with Crippen molar-refractivity contribution >= 4 is 41.0 Å². The van der Waals surface area contributed by atoms with E-state index in [4.69, 9.17) is 23.2 Å². The van der Waals surface area contributed by atoms with Crippen molar-refractivity contribution in [2.75, 3.05) is 51.1 Å². The number of carbonyl (C=O) groups is 2. The van der Waals surface area contributed by atoms with Gasteiger partial charge in [-0.25, -0.2) is 9.59 Å². The standard InChI is InChI=1S/C30H43Cl2N5O2/c1-30(2)22-9-8-21(25(30)18-22)20-37(28(38)33-24-6-4-3-5-7-24)17-14-35-12-15-36(16-13-35)29(39)34-27-11-10-23(31)19-26(27)32/h8,10-11,19,22,24-25H,3-7,9,12-18,20H2,1-2H3,(H,33,38)(H,34,39). The fourth-order valence-electron chi connectivity index (χ4n) is 6.86. The minimum absolute atomic E-state index is 0.0833. The Morgan fingerprint density at radius 2 is 1.82 bits per heavy atom. The van der Waals surface area contributed by atoms with Crippen LogP contribution in [-0.4, -0.2) is 78.6 Å². The Bertz CT molecular complexity index is 1080. The van der Waals surface area contributed by atoms with E-state index in [-0.39, 0.29) is 12.1 Å². The Morgan fingerprint density at radius 3 is 2.49 bits per heavy atom. The number of allylic oxidation sites excluding steroid dienone is 1. The summed E-state index contributed by atoms with van der Waals surface area (Å²) in [4.78, 5) is 32.5. The Kier molecular flexibility index (Phi) is 8.99. The molecule has 1 aromatic rings. The van der Waals surface area contributed by atoms with Gasteiger partial charge in [0.25, 0.3) is 0 Å². The van der Waals surface area contributed by atoms with E-state index in [0.717, 1.165) is 51.4 Å². The van der Waals surface area contributed by atoms with Crippen LogP contribution in [0.15, 0.2) is 29.8 Å². The zero-order chi connectivity index (χ0) is 27.6. The number of piperazine rings is 1. The largest absolute Gasteiger partial charge is 0.335 e. The summed E-state index contributed by atoms with van der Waals surface area (Å²) in [5.74, 6) is 1.39. The Morgan fingerprint density at radius 1 is 1.08 bits per heavy atom. The highest BCUT2D eigenvalue weighted by Gasteiger charge is 2.51. The highest BCUT2D eigenvalue weighted by Crippen LogP contribution is 2.59. The van der Waals surface area contributed by atoms with Crippen LogP contribution in [0.2, 0.25) is 10.0 Å². The van der Waals surface area contributed by atoms with E-state index in [1.54, 1.807) is 18.2 Å². The molecular formula is C30H43Cl2N5O2. The maximum atomic E-state index is 13.5. The number of urea groups is 2. The van der Waals surface area contributed by atoms with Gasteiger partial charge in [-0.1, -0.05) is 68.0 Å². The number of amides is 4. The van der Waals surface area contributed by atoms with Crippen molar-refractivity contribution < 1.29 is 9.59 Å². The van der Waals surface area contributed by atoms with E-state index in [0.29, 0.717) is 52.7 Å². The molecule has 3 fully saturated rings. The van der Waals surface area contributed by atoms with Crippen molar-refractivity contribution in [1.82, 2.24) is 20.0 Å². The predicted octanol–water partition coefficient (Wildman–Crippen LogP) is 6.48. The van der Waals surface area contributed by atoms with Crippen molar-refractivity contribution in [3.8, 4) is 0 Å². The number of nitrogens with one attached hydrogen (secondary N) is 2. The van der Waals surface area contributed by atoms with Crippen molar-refractivity contribution in [3.63, 3.8) is 0 Å². The molecule has 6 rings (SSSR count). The molecule has 4 aliphatic carbocycles. The number of hydrogen-bond acceptors (Lipinski definition) is 3. The molecule has 39 heavy (non-hydrogen) atoms. The zero-order valence-corrected chi connectivity index (χ0v) is 24.9. The Balaban J connectivity index is 1.14. The molecule has 5 aliphatic rings. The summed E-state index contributed by atoms with van der Waals surface area (Å²) in [5, 5.41) is 7.22. The third-order valence-corrected chi connectivity index (χ3v) is 10.2. The third kappa shape index (κ3) is 6.68. The lowest BCUT2D eigenvalue weighted by Gasteiger charge is -2.57. The van der Waals surface area contributed by atoms with Gasteiger partial charge in [0, 0.05) is 56.9 Å². The average Bonchev–Trinajstić information content (AvgIpc) is 2.93. The minimum Gasteiger partial charge on any atom is -0.335 e. The van der Waals surface area contributed by atoms with E-state index < -0.39 is 0 Å². The molecule has 2 saturated carbocycles. The lowest BCUT2D eigenvalue weighted by Crippen LogP contribution is -2.54. The summed E-state index contributed by atoms with van der Waals surface area (Å²) >= 11 is 12.2. The first kappa shape index (κ1) is 28.6. The smallest absolute Gasteiger partial charge is 0.321 e. The number of carbonyl (C=O) groups excluding carboxylic acids is 2. The van der Waals surface area contributed by atoms with Crippen LogP contribution in [0.25, 0.3) is 0 Å². The molecule has 0 radical (unpaired) electrons. The van der Waals surface area contributed by atoms with Gasteiger partial charge in [-0.3, -0.25) is 4.90 Å². The second-order valence-electron chi connectivity index (χ2n) is 12.4. The van der Waals surface area contributed by atoms with Gasteiger partial charge >= 0.3 is 12.1 Å². The highest BCUT2D eigenvalue weighted by atomic mass is 35.5. The molecule has 7 nitrogen and oxygen atoms in total. The van der Waals surface area contributed by atoms with Crippen LogP contribution in [0.5, 0.6) is 0 Å². The molecule has 2 unspecified atom stereocenters. The molecule has 1 saturated heterocycles. The van der Waals surface area contributed by atoms with Crippen LogP contribution in [0.4, 0.5) is 15.3 Å². The van der Waals surface area contributed by atoms with E-state index in [9.17, 15) is 9.59 Å². The Labute approximate surface area is 243 Å². The zero-order valence-electron chi connectivity index (χ0n) is 23.4. The highest BCUT2D eigenvalue weighted by molar-refractivity contribution is 6.36. The molecule has 0 spiro atoms. The Hall–Kier alpha value is -1.96. The van der Waals surface area contributed by atoms with Gasteiger partial charge in [0.05, 0.1) is 10.7 Å². The molecule has 1 aliphatic heterocycles. The summed E-state index contributed by atoms with van der Waals surface area (Å²) in [6, 6.07) is 5.29. The SMILES string of the molecule is CC1(C)C2CC=C(CN(CCN3CCN(C(=O)Nc4ccc(Cl)cc4Cl)CC3)C(=O)NC3CCCCC3)C1C2. The number of rotatable bonds is 7. The molecule has 9 heteroatoms. The number of halogens is 2. The summed E-state index contributed by atoms with van der Waals surface area (Å²) < 4.78 is 0. The molecular weight excluding hydrogens is 533 g/mol. The average molecular weight is 577 g/mol. The van der Waals surface area contributed by atoms with Gasteiger partial charge < -0.3 is 20.4 Å². The van der Waals surface area contributed by atoms with Gasteiger partial charge in [0.15, 0.2) is 0 Å². The maximum absolute atomic E-state index is 13.5. The second-order valence-corrected chi connectivity index (χ2v) is 13.3. The minimum atomic E-state index is -0.155. The van der Waals surface area contributed by atoms with Crippen molar-refractivity contribution in [2.45, 2.75) is 64.8 Å².